The highest BCUT2D eigenvalue weighted by molar-refractivity contribution is 9.10. The SMILES string of the molecule is CC1CCC(c2cn3cc(Br)ccc3n2)N1. The molecule has 2 unspecified atom stereocenters. The first kappa shape index (κ1) is 10.3. The summed E-state index contributed by atoms with van der Waals surface area (Å²) in [5.74, 6) is 0. The summed E-state index contributed by atoms with van der Waals surface area (Å²) in [6.45, 7) is 2.23. The molecule has 2 atom stereocenters. The van der Waals surface area contributed by atoms with Crippen LogP contribution in [0, 0.1) is 0 Å². The minimum Gasteiger partial charge on any atom is -0.306 e. The van der Waals surface area contributed by atoms with Gasteiger partial charge in [-0.05, 0) is 47.8 Å². The third kappa shape index (κ3) is 1.76. The lowest BCUT2D eigenvalue weighted by Crippen LogP contribution is -2.20. The van der Waals surface area contributed by atoms with Gasteiger partial charge in [0.1, 0.15) is 5.65 Å². The molecule has 0 radical (unpaired) electrons. The van der Waals surface area contributed by atoms with Crippen molar-refractivity contribution >= 4 is 21.6 Å². The second kappa shape index (κ2) is 3.86. The fourth-order valence-electron chi connectivity index (χ4n) is 2.31. The van der Waals surface area contributed by atoms with Gasteiger partial charge in [-0.1, -0.05) is 0 Å². The first-order valence-corrected chi connectivity index (χ1v) is 6.42. The van der Waals surface area contributed by atoms with Gasteiger partial charge in [0, 0.05) is 22.9 Å². The molecule has 1 aliphatic heterocycles. The molecule has 0 aromatic carbocycles. The molecule has 4 heteroatoms. The second-order valence-electron chi connectivity index (χ2n) is 4.48. The number of hydrogen-bond donors (Lipinski definition) is 1. The van der Waals surface area contributed by atoms with E-state index in [1.54, 1.807) is 0 Å². The third-order valence-electron chi connectivity index (χ3n) is 3.16. The molecule has 1 N–H and O–H groups in total. The van der Waals surface area contributed by atoms with E-state index in [0.29, 0.717) is 12.1 Å². The fraction of sp³-hybridized carbons (Fsp3) is 0.417. The van der Waals surface area contributed by atoms with E-state index in [0.717, 1.165) is 15.8 Å². The Balaban J connectivity index is 1.99. The van der Waals surface area contributed by atoms with Crippen LogP contribution < -0.4 is 5.32 Å². The number of nitrogens with one attached hydrogen (secondary N) is 1. The maximum atomic E-state index is 4.65. The standard InChI is InChI=1S/C12H14BrN3/c1-8-2-4-10(14-8)11-7-16-6-9(13)3-5-12(16)15-11/h3,5-8,10,14H,2,4H2,1H3. The average molecular weight is 280 g/mol. The van der Waals surface area contributed by atoms with Gasteiger partial charge in [0.15, 0.2) is 0 Å². The van der Waals surface area contributed by atoms with Crippen LogP contribution in [0.4, 0.5) is 0 Å². The first-order valence-electron chi connectivity index (χ1n) is 5.62. The number of aromatic nitrogens is 2. The number of imidazole rings is 1. The average Bonchev–Trinajstić information content (AvgIpc) is 2.83. The van der Waals surface area contributed by atoms with Crippen molar-refractivity contribution in [2.75, 3.05) is 0 Å². The molecule has 0 saturated carbocycles. The second-order valence-corrected chi connectivity index (χ2v) is 5.39. The number of hydrogen-bond acceptors (Lipinski definition) is 2. The van der Waals surface area contributed by atoms with Gasteiger partial charge in [-0.25, -0.2) is 4.98 Å². The van der Waals surface area contributed by atoms with E-state index in [-0.39, 0.29) is 0 Å². The molecule has 3 heterocycles. The molecule has 3 nitrogen and oxygen atoms in total. The van der Waals surface area contributed by atoms with Crippen molar-refractivity contribution in [1.29, 1.82) is 0 Å². The smallest absolute Gasteiger partial charge is 0.137 e. The van der Waals surface area contributed by atoms with Crippen LogP contribution in [0.2, 0.25) is 0 Å². The molecule has 3 rings (SSSR count). The van der Waals surface area contributed by atoms with E-state index in [1.165, 1.54) is 12.8 Å². The van der Waals surface area contributed by atoms with Gasteiger partial charge in [0.25, 0.3) is 0 Å². The maximum Gasteiger partial charge on any atom is 0.137 e. The predicted molar refractivity (Wildman–Crippen MR) is 67.5 cm³/mol. The zero-order valence-electron chi connectivity index (χ0n) is 9.15. The first-order chi connectivity index (χ1) is 7.72. The summed E-state index contributed by atoms with van der Waals surface area (Å²) in [7, 11) is 0. The molecule has 0 spiro atoms. The van der Waals surface area contributed by atoms with Crippen molar-refractivity contribution in [1.82, 2.24) is 14.7 Å². The highest BCUT2D eigenvalue weighted by Crippen LogP contribution is 2.26. The largest absolute Gasteiger partial charge is 0.306 e. The Morgan fingerprint density at radius 3 is 3.00 bits per heavy atom. The van der Waals surface area contributed by atoms with Gasteiger partial charge in [-0.15, -0.1) is 0 Å². The molecule has 0 aliphatic carbocycles. The Bertz CT molecular complexity index is 520. The van der Waals surface area contributed by atoms with E-state index in [4.69, 9.17) is 0 Å². The van der Waals surface area contributed by atoms with Crippen LogP contribution in [0.25, 0.3) is 5.65 Å². The summed E-state index contributed by atoms with van der Waals surface area (Å²) >= 11 is 3.47. The van der Waals surface area contributed by atoms with Crippen LogP contribution in [0.1, 0.15) is 31.5 Å². The summed E-state index contributed by atoms with van der Waals surface area (Å²) in [5, 5.41) is 3.56. The molecular weight excluding hydrogens is 266 g/mol. The molecule has 2 aromatic heterocycles. The van der Waals surface area contributed by atoms with Crippen LogP contribution >= 0.6 is 15.9 Å². The van der Waals surface area contributed by atoms with Crippen LogP contribution in [0.5, 0.6) is 0 Å². The minimum absolute atomic E-state index is 0.425. The van der Waals surface area contributed by atoms with E-state index in [9.17, 15) is 0 Å². The number of fused-ring (bicyclic) bond motifs is 1. The molecule has 16 heavy (non-hydrogen) atoms. The maximum absolute atomic E-state index is 4.65. The molecule has 1 aliphatic rings. The fourth-order valence-corrected chi connectivity index (χ4v) is 2.66. The molecule has 2 aromatic rings. The van der Waals surface area contributed by atoms with Crippen molar-refractivity contribution in [2.45, 2.75) is 31.8 Å². The number of rotatable bonds is 1. The minimum atomic E-state index is 0.425. The summed E-state index contributed by atoms with van der Waals surface area (Å²) < 4.78 is 3.15. The summed E-state index contributed by atoms with van der Waals surface area (Å²) in [6.07, 6.45) is 6.59. The van der Waals surface area contributed by atoms with Crippen LogP contribution in [-0.4, -0.2) is 15.4 Å². The Morgan fingerprint density at radius 1 is 1.38 bits per heavy atom. The highest BCUT2D eigenvalue weighted by atomic mass is 79.9. The van der Waals surface area contributed by atoms with Crippen molar-refractivity contribution in [3.05, 3.63) is 34.7 Å². The van der Waals surface area contributed by atoms with Crippen molar-refractivity contribution in [3.63, 3.8) is 0 Å². The molecule has 0 bridgehead atoms. The van der Waals surface area contributed by atoms with Crippen molar-refractivity contribution in [2.24, 2.45) is 0 Å². The number of pyridine rings is 1. The van der Waals surface area contributed by atoms with Crippen LogP contribution in [0.15, 0.2) is 29.0 Å². The van der Waals surface area contributed by atoms with E-state index < -0.39 is 0 Å². The Labute approximate surface area is 103 Å². The number of halogens is 1. The molecular formula is C12H14BrN3. The monoisotopic (exact) mass is 279 g/mol. The van der Waals surface area contributed by atoms with Crippen molar-refractivity contribution < 1.29 is 0 Å². The van der Waals surface area contributed by atoms with Gasteiger partial charge in [0.2, 0.25) is 0 Å². The van der Waals surface area contributed by atoms with E-state index >= 15 is 0 Å². The predicted octanol–water partition coefficient (Wildman–Crippen LogP) is 2.91. The summed E-state index contributed by atoms with van der Waals surface area (Å²) in [5.41, 5.74) is 2.17. The summed E-state index contributed by atoms with van der Waals surface area (Å²) in [6, 6.07) is 5.10. The molecule has 1 saturated heterocycles. The zero-order chi connectivity index (χ0) is 11.1. The lowest BCUT2D eigenvalue weighted by atomic mass is 10.2. The van der Waals surface area contributed by atoms with Gasteiger partial charge in [-0.2, -0.15) is 0 Å². The Kier molecular flexibility index (Phi) is 2.48. The summed E-state index contributed by atoms with van der Waals surface area (Å²) in [4.78, 5) is 4.65. The third-order valence-corrected chi connectivity index (χ3v) is 3.63. The number of nitrogens with zero attached hydrogens (tertiary/aromatic N) is 2. The van der Waals surface area contributed by atoms with Crippen LogP contribution in [0.3, 0.4) is 0 Å². The van der Waals surface area contributed by atoms with Gasteiger partial charge in [-0.3, -0.25) is 0 Å². The molecule has 0 amide bonds. The Morgan fingerprint density at radius 2 is 2.25 bits per heavy atom. The highest BCUT2D eigenvalue weighted by Gasteiger charge is 2.23. The normalized spacial score (nSPS) is 25.4. The molecule has 84 valence electrons. The Hall–Kier alpha value is -0.870. The van der Waals surface area contributed by atoms with Crippen LogP contribution in [-0.2, 0) is 0 Å². The lowest BCUT2D eigenvalue weighted by Gasteiger charge is -2.07. The topological polar surface area (TPSA) is 29.3 Å². The van der Waals surface area contributed by atoms with Gasteiger partial charge >= 0.3 is 0 Å². The zero-order valence-corrected chi connectivity index (χ0v) is 10.7. The molecule has 1 fully saturated rings. The van der Waals surface area contributed by atoms with Gasteiger partial charge < -0.3 is 9.72 Å². The quantitative estimate of drug-likeness (QED) is 0.870. The van der Waals surface area contributed by atoms with Crippen molar-refractivity contribution in [3.8, 4) is 0 Å². The van der Waals surface area contributed by atoms with E-state index in [1.807, 2.05) is 18.3 Å². The lowest BCUT2D eigenvalue weighted by molar-refractivity contribution is 0.576. The van der Waals surface area contributed by atoms with E-state index in [2.05, 4.69) is 43.8 Å². The van der Waals surface area contributed by atoms with Gasteiger partial charge in [0.05, 0.1) is 11.7 Å².